The molecule has 188 valence electrons. The number of aromatic nitrogens is 1. The fourth-order valence-electron chi connectivity index (χ4n) is 3.95. The Labute approximate surface area is 232 Å². The maximum atomic E-state index is 13.4. The fourth-order valence-corrected chi connectivity index (χ4v) is 4.56. The van der Waals surface area contributed by atoms with E-state index in [0.717, 1.165) is 18.4 Å². The van der Waals surface area contributed by atoms with Crippen molar-refractivity contribution in [2.75, 3.05) is 7.11 Å². The van der Waals surface area contributed by atoms with Gasteiger partial charge < -0.3 is 10.4 Å². The molecule has 1 atom stereocenters. The topological polar surface area (TPSA) is 107 Å². The molecule has 1 aliphatic carbocycles. The summed E-state index contributed by atoms with van der Waals surface area (Å²) in [4.78, 5) is 3.89. The minimum absolute atomic E-state index is 0. The second-order valence-corrected chi connectivity index (χ2v) is 9.22. The standard InChI is InChI=1S/C14H13N.C9H10FN2O2S.C2H6.CH4O.U/c1-2-9-15-14(6-1)13-8-7-11-4-3-5-12(11)10-13;1-5-2-6-3-7(10)9(15(11,13)14)4-8(6)12-5;2*1-2;/h1-2,6-10H,3-5H2;3-5H,2H2,1H3,(H2,11,13,14);1-2H3;2H,1H3;/q;-1;;;. The van der Waals surface area contributed by atoms with E-state index in [9.17, 15) is 12.8 Å². The van der Waals surface area contributed by atoms with Crippen LogP contribution in [-0.2, 0) is 29.3 Å². The minimum Gasteiger partial charge on any atom is -0.681 e. The van der Waals surface area contributed by atoms with Gasteiger partial charge in [0.1, 0.15) is 10.7 Å². The van der Waals surface area contributed by atoms with E-state index < -0.39 is 20.7 Å². The van der Waals surface area contributed by atoms with Gasteiger partial charge in [-0.3, -0.25) is 4.98 Å². The summed E-state index contributed by atoms with van der Waals surface area (Å²) in [7, 11) is -3.01. The first-order valence-electron chi connectivity index (χ1n) is 11.4. The number of aliphatic hydroxyl groups excluding tert-OH is 1. The van der Waals surface area contributed by atoms with Crippen LogP contribution in [0.2, 0.25) is 0 Å². The van der Waals surface area contributed by atoms with Crippen molar-refractivity contribution in [3.05, 3.63) is 82.6 Å². The summed E-state index contributed by atoms with van der Waals surface area (Å²) in [5, 5.41) is 16.1. The van der Waals surface area contributed by atoms with Gasteiger partial charge in [-0.15, -0.1) is 11.7 Å². The maximum Gasteiger partial charge on any atom is 0.240 e. The quantitative estimate of drug-likeness (QED) is 0.375. The van der Waals surface area contributed by atoms with E-state index in [1.165, 1.54) is 48.1 Å². The van der Waals surface area contributed by atoms with Crippen molar-refractivity contribution in [3.63, 3.8) is 0 Å². The molecule has 3 aromatic rings. The summed E-state index contributed by atoms with van der Waals surface area (Å²) in [5.74, 6) is -0.805. The molecular weight excluding hydrogens is 691 g/mol. The minimum atomic E-state index is -4.01. The molecule has 1 aromatic heterocycles. The van der Waals surface area contributed by atoms with Gasteiger partial charge in [0.05, 0.1) is 5.69 Å². The van der Waals surface area contributed by atoms with Crippen LogP contribution in [0, 0.1) is 36.9 Å². The van der Waals surface area contributed by atoms with E-state index in [2.05, 4.69) is 34.6 Å². The predicted octanol–water partition coefficient (Wildman–Crippen LogP) is 5.29. The number of benzene rings is 2. The molecule has 2 aliphatic rings. The zero-order chi connectivity index (χ0) is 25.3. The molecule has 0 bridgehead atoms. The third-order valence-electron chi connectivity index (χ3n) is 5.37. The van der Waals surface area contributed by atoms with Crippen LogP contribution in [-0.4, -0.2) is 31.7 Å². The number of hydrogen-bond donors (Lipinski definition) is 2. The van der Waals surface area contributed by atoms with Crippen LogP contribution in [0.5, 0.6) is 0 Å². The maximum absolute atomic E-state index is 13.4. The number of fused-ring (bicyclic) bond motifs is 2. The average molecular weight is 725 g/mol. The SMILES string of the molecule is CC.CC1Cc2cc(F)c(S(N)(=O)=O)cc2[N-]1.CO.[U].c1ccc(-c2ccc3c(c2)CCC3)nc1. The number of sulfonamides is 1. The number of nitrogens with zero attached hydrogens (tertiary/aromatic N) is 2. The van der Waals surface area contributed by atoms with Gasteiger partial charge in [-0.25, -0.2) is 17.9 Å². The van der Waals surface area contributed by atoms with E-state index in [0.29, 0.717) is 12.1 Å². The Hall–Kier alpha value is -1.76. The predicted molar refractivity (Wildman–Crippen MR) is 135 cm³/mol. The molecular formula is C26H33FN3O3SU-. The van der Waals surface area contributed by atoms with Gasteiger partial charge in [-0.1, -0.05) is 50.6 Å². The summed E-state index contributed by atoms with van der Waals surface area (Å²) < 4.78 is 35.4. The first-order chi connectivity index (χ1) is 16.3. The van der Waals surface area contributed by atoms with Crippen LogP contribution in [0.4, 0.5) is 10.1 Å². The third-order valence-corrected chi connectivity index (χ3v) is 6.30. The van der Waals surface area contributed by atoms with E-state index in [-0.39, 0.29) is 37.2 Å². The van der Waals surface area contributed by atoms with Gasteiger partial charge in [0.15, 0.2) is 0 Å². The number of hydrogen-bond acceptors (Lipinski definition) is 4. The van der Waals surface area contributed by atoms with Crippen LogP contribution < -0.4 is 5.14 Å². The number of primary sulfonamides is 1. The van der Waals surface area contributed by atoms with Crippen LogP contribution in [0.1, 0.15) is 43.9 Å². The number of halogens is 1. The molecule has 2 heterocycles. The van der Waals surface area contributed by atoms with Gasteiger partial charge in [0, 0.05) is 50.0 Å². The van der Waals surface area contributed by atoms with Crippen LogP contribution in [0.15, 0.2) is 59.6 Å². The van der Waals surface area contributed by atoms with Gasteiger partial charge in [0.2, 0.25) is 10.0 Å². The summed E-state index contributed by atoms with van der Waals surface area (Å²) in [6, 6.07) is 15.3. The average Bonchev–Trinajstić information content (AvgIpc) is 3.46. The second-order valence-electron chi connectivity index (χ2n) is 7.69. The van der Waals surface area contributed by atoms with Gasteiger partial charge in [0.25, 0.3) is 0 Å². The molecule has 0 radical (unpaired) electrons. The van der Waals surface area contributed by atoms with Crippen molar-refractivity contribution in [3.8, 4) is 11.3 Å². The normalized spacial score (nSPS) is 14.8. The van der Waals surface area contributed by atoms with Crippen molar-refractivity contribution >= 4 is 15.7 Å². The largest absolute Gasteiger partial charge is 0.681 e. The molecule has 0 fully saturated rings. The van der Waals surface area contributed by atoms with Crippen LogP contribution >= 0.6 is 0 Å². The zero-order valence-corrected chi connectivity index (χ0v) is 25.6. The Morgan fingerprint density at radius 2 is 1.71 bits per heavy atom. The Morgan fingerprint density at radius 3 is 2.34 bits per heavy atom. The second kappa shape index (κ2) is 14.7. The van der Waals surface area contributed by atoms with Crippen molar-refractivity contribution < 1.29 is 49.0 Å². The third kappa shape index (κ3) is 8.40. The molecule has 1 aliphatic heterocycles. The molecule has 35 heavy (non-hydrogen) atoms. The molecule has 6 nitrogen and oxygen atoms in total. The Morgan fingerprint density at radius 1 is 1.03 bits per heavy atom. The summed E-state index contributed by atoms with van der Waals surface area (Å²) in [5.41, 5.74) is 6.61. The van der Waals surface area contributed by atoms with Gasteiger partial charge in [-0.05, 0) is 61.1 Å². The molecule has 9 heteroatoms. The Bertz CT molecular complexity index is 1190. The monoisotopic (exact) mass is 724 g/mol. The molecule has 0 spiro atoms. The Balaban J connectivity index is 0.000000299. The first-order valence-corrected chi connectivity index (χ1v) is 12.9. The van der Waals surface area contributed by atoms with Crippen LogP contribution in [0.3, 0.4) is 0 Å². The molecule has 2 aromatic carbocycles. The number of nitrogens with two attached hydrogens (primary N) is 1. The molecule has 1 unspecified atom stereocenters. The van der Waals surface area contributed by atoms with Crippen molar-refractivity contribution in [1.29, 1.82) is 0 Å². The molecule has 0 amide bonds. The first kappa shape index (κ1) is 31.3. The van der Waals surface area contributed by atoms with Gasteiger partial charge >= 0.3 is 0 Å². The number of aryl methyl sites for hydroxylation is 2. The molecule has 3 N–H and O–H groups in total. The Kier molecular flexibility index (Phi) is 13.1. The van der Waals surface area contributed by atoms with Crippen molar-refractivity contribution in [2.24, 2.45) is 5.14 Å². The van der Waals surface area contributed by atoms with Crippen LogP contribution in [0.25, 0.3) is 16.6 Å². The summed E-state index contributed by atoms with van der Waals surface area (Å²) in [6.07, 6.45) is 6.27. The van der Waals surface area contributed by atoms with E-state index >= 15 is 0 Å². The number of rotatable bonds is 2. The molecule has 5 rings (SSSR count). The van der Waals surface area contributed by atoms with E-state index in [4.69, 9.17) is 10.2 Å². The molecule has 0 saturated heterocycles. The van der Waals surface area contributed by atoms with E-state index in [1.807, 2.05) is 39.1 Å². The van der Waals surface area contributed by atoms with Crippen molar-refractivity contribution in [2.45, 2.75) is 57.4 Å². The zero-order valence-electron chi connectivity index (χ0n) is 20.6. The fraction of sp³-hybridized carbons (Fsp3) is 0.346. The smallest absolute Gasteiger partial charge is 0.240 e. The van der Waals surface area contributed by atoms with E-state index in [1.54, 1.807) is 0 Å². The summed E-state index contributed by atoms with van der Waals surface area (Å²) >= 11 is 0. The van der Waals surface area contributed by atoms with Gasteiger partial charge in [-0.2, -0.15) is 0 Å². The summed E-state index contributed by atoms with van der Waals surface area (Å²) in [6.45, 7) is 5.88. The number of pyridine rings is 1. The van der Waals surface area contributed by atoms with Crippen molar-refractivity contribution in [1.82, 2.24) is 4.98 Å². The molecule has 0 saturated carbocycles. The number of aliphatic hydroxyl groups is 1.